The first-order valence-corrected chi connectivity index (χ1v) is 12.3. The molecule has 1 saturated carbocycles. The predicted molar refractivity (Wildman–Crippen MR) is 126 cm³/mol. The summed E-state index contributed by atoms with van der Waals surface area (Å²) in [5, 5.41) is 9.31. The van der Waals surface area contributed by atoms with Gasteiger partial charge in [0.2, 0.25) is 24.5 Å². The van der Waals surface area contributed by atoms with Crippen molar-refractivity contribution in [2.75, 3.05) is 19.9 Å². The van der Waals surface area contributed by atoms with E-state index in [9.17, 15) is 4.79 Å². The van der Waals surface area contributed by atoms with Crippen molar-refractivity contribution in [2.45, 2.75) is 49.9 Å². The fraction of sp³-hybridized carbons (Fsp3) is 0.423. The highest BCUT2D eigenvalue weighted by Crippen LogP contribution is 2.44. The van der Waals surface area contributed by atoms with Crippen molar-refractivity contribution in [1.29, 1.82) is 0 Å². The van der Waals surface area contributed by atoms with Gasteiger partial charge in [-0.1, -0.05) is 36.6 Å². The minimum atomic E-state index is -0.459. The second kappa shape index (κ2) is 8.62. The Labute approximate surface area is 203 Å². The molecule has 3 heterocycles. The molecule has 7 nitrogen and oxygen atoms in total. The van der Waals surface area contributed by atoms with E-state index in [0.29, 0.717) is 34.8 Å². The molecule has 2 aliphatic heterocycles. The zero-order chi connectivity index (χ0) is 23.1. The third-order valence-electron chi connectivity index (χ3n) is 7.38. The van der Waals surface area contributed by atoms with Gasteiger partial charge in [-0.25, -0.2) is 0 Å². The molecular weight excluding hydrogens is 454 g/mol. The third-order valence-corrected chi connectivity index (χ3v) is 7.63. The zero-order valence-corrected chi connectivity index (χ0v) is 19.6. The number of benzene rings is 2. The van der Waals surface area contributed by atoms with Crippen LogP contribution in [0.15, 0.2) is 46.9 Å². The lowest BCUT2D eigenvalue weighted by Crippen LogP contribution is -2.49. The minimum absolute atomic E-state index is 0.0247. The highest BCUT2D eigenvalue weighted by atomic mass is 35.5. The number of fused-ring (bicyclic) bond motifs is 1. The summed E-state index contributed by atoms with van der Waals surface area (Å²) < 4.78 is 16.9. The number of hydrogen-bond acceptors (Lipinski definition) is 6. The lowest BCUT2D eigenvalue weighted by Gasteiger charge is -2.38. The SMILES string of the molecule is O=C(N1CCCC(c2nnc(-c3ccc4c(c3)OCO4)o2)C1)C1(c2ccc(Cl)cc2)CCCC1. The molecule has 1 saturated heterocycles. The van der Waals surface area contributed by atoms with E-state index >= 15 is 0 Å². The predicted octanol–water partition coefficient (Wildman–Crippen LogP) is 5.34. The fourth-order valence-corrected chi connectivity index (χ4v) is 5.71. The Kier molecular flexibility index (Phi) is 5.44. The zero-order valence-electron chi connectivity index (χ0n) is 18.8. The smallest absolute Gasteiger partial charge is 0.247 e. The lowest BCUT2D eigenvalue weighted by molar-refractivity contribution is -0.138. The van der Waals surface area contributed by atoms with Crippen LogP contribution in [-0.4, -0.2) is 40.9 Å². The van der Waals surface area contributed by atoms with Gasteiger partial charge in [0.15, 0.2) is 11.5 Å². The molecule has 8 heteroatoms. The molecule has 0 spiro atoms. The van der Waals surface area contributed by atoms with E-state index in [-0.39, 0.29) is 18.6 Å². The van der Waals surface area contributed by atoms with Gasteiger partial charge < -0.3 is 18.8 Å². The fourth-order valence-electron chi connectivity index (χ4n) is 5.59. The molecule has 1 unspecified atom stereocenters. The molecule has 2 aromatic carbocycles. The summed E-state index contributed by atoms with van der Waals surface area (Å²) in [7, 11) is 0. The Balaban J connectivity index is 1.22. The summed E-state index contributed by atoms with van der Waals surface area (Å²) in [4.78, 5) is 15.9. The van der Waals surface area contributed by atoms with Crippen molar-refractivity contribution in [3.8, 4) is 23.0 Å². The summed E-state index contributed by atoms with van der Waals surface area (Å²) in [6.07, 6.45) is 5.71. The highest BCUT2D eigenvalue weighted by Gasteiger charge is 2.46. The maximum atomic E-state index is 13.9. The van der Waals surface area contributed by atoms with Crippen LogP contribution < -0.4 is 9.47 Å². The van der Waals surface area contributed by atoms with Crippen LogP contribution in [0.2, 0.25) is 5.02 Å². The van der Waals surface area contributed by atoms with Crippen molar-refractivity contribution in [3.05, 3.63) is 58.9 Å². The van der Waals surface area contributed by atoms with Gasteiger partial charge in [-0.3, -0.25) is 4.79 Å². The second-order valence-electron chi connectivity index (χ2n) is 9.40. The molecule has 176 valence electrons. The molecule has 2 fully saturated rings. The molecule has 34 heavy (non-hydrogen) atoms. The molecule has 1 aromatic heterocycles. The van der Waals surface area contributed by atoms with Gasteiger partial charge in [0, 0.05) is 23.7 Å². The average Bonchev–Trinajstić information content (AvgIpc) is 3.65. The van der Waals surface area contributed by atoms with Crippen molar-refractivity contribution < 1.29 is 18.7 Å². The Morgan fingerprint density at radius 2 is 1.79 bits per heavy atom. The first-order chi connectivity index (χ1) is 16.6. The topological polar surface area (TPSA) is 77.7 Å². The maximum Gasteiger partial charge on any atom is 0.247 e. The molecule has 1 amide bonds. The quantitative estimate of drug-likeness (QED) is 0.503. The van der Waals surface area contributed by atoms with Crippen molar-refractivity contribution >= 4 is 17.5 Å². The molecule has 6 rings (SSSR count). The molecule has 0 N–H and O–H groups in total. The number of carbonyl (C=O) groups excluding carboxylic acids is 1. The highest BCUT2D eigenvalue weighted by molar-refractivity contribution is 6.30. The number of likely N-dealkylation sites (tertiary alicyclic amines) is 1. The van der Waals surface area contributed by atoms with Gasteiger partial charge in [0.1, 0.15) is 0 Å². The number of carbonyl (C=O) groups is 1. The minimum Gasteiger partial charge on any atom is -0.454 e. The van der Waals surface area contributed by atoms with Crippen LogP contribution in [-0.2, 0) is 10.2 Å². The van der Waals surface area contributed by atoms with Crippen LogP contribution in [0, 0.1) is 0 Å². The molecule has 1 aliphatic carbocycles. The van der Waals surface area contributed by atoms with Crippen LogP contribution >= 0.6 is 11.6 Å². The largest absolute Gasteiger partial charge is 0.454 e. The molecule has 0 radical (unpaired) electrons. The summed E-state index contributed by atoms with van der Waals surface area (Å²) in [6.45, 7) is 1.57. The van der Waals surface area contributed by atoms with E-state index in [2.05, 4.69) is 10.2 Å². The molecule has 3 aliphatic rings. The molecule has 0 bridgehead atoms. The van der Waals surface area contributed by atoms with Crippen LogP contribution in [0.4, 0.5) is 0 Å². The lowest BCUT2D eigenvalue weighted by atomic mass is 9.77. The normalized spacial score (nSPS) is 21.1. The number of hydrogen-bond donors (Lipinski definition) is 0. The number of aromatic nitrogens is 2. The van der Waals surface area contributed by atoms with E-state index in [1.165, 1.54) is 0 Å². The standard InChI is InChI=1S/C26H26ClN3O4/c27-20-8-6-19(7-9-20)26(11-1-2-12-26)25(31)30-13-3-4-18(15-30)24-29-28-23(34-24)17-5-10-21-22(14-17)33-16-32-21/h5-10,14,18H,1-4,11-13,15-16H2. The van der Waals surface area contributed by atoms with Gasteiger partial charge in [0.05, 0.1) is 11.3 Å². The van der Waals surface area contributed by atoms with Gasteiger partial charge >= 0.3 is 0 Å². The molecular formula is C26H26ClN3O4. The van der Waals surface area contributed by atoms with Gasteiger partial charge in [-0.05, 0) is 61.6 Å². The van der Waals surface area contributed by atoms with Crippen molar-refractivity contribution in [1.82, 2.24) is 15.1 Å². The van der Waals surface area contributed by atoms with Crippen molar-refractivity contribution in [2.24, 2.45) is 0 Å². The Morgan fingerprint density at radius 1 is 1.00 bits per heavy atom. The maximum absolute atomic E-state index is 13.9. The average molecular weight is 480 g/mol. The van der Waals surface area contributed by atoms with Gasteiger partial charge in [-0.15, -0.1) is 10.2 Å². The van der Waals surface area contributed by atoms with Crippen molar-refractivity contribution in [3.63, 3.8) is 0 Å². The van der Waals surface area contributed by atoms with Crippen LogP contribution in [0.25, 0.3) is 11.5 Å². The van der Waals surface area contributed by atoms with Crippen LogP contribution in [0.1, 0.15) is 55.9 Å². The second-order valence-corrected chi connectivity index (χ2v) is 9.84. The number of rotatable bonds is 4. The molecule has 3 aromatic rings. The Hall–Kier alpha value is -3.06. The molecule has 1 atom stereocenters. The number of ether oxygens (including phenoxy) is 2. The van der Waals surface area contributed by atoms with E-state index in [1.807, 2.05) is 47.4 Å². The number of nitrogens with zero attached hydrogens (tertiary/aromatic N) is 3. The van der Waals surface area contributed by atoms with Crippen LogP contribution in [0.3, 0.4) is 0 Å². The van der Waals surface area contributed by atoms with Gasteiger partial charge in [-0.2, -0.15) is 0 Å². The Bertz CT molecular complexity index is 1200. The third kappa shape index (κ3) is 3.72. The summed E-state index contributed by atoms with van der Waals surface area (Å²) in [5.74, 6) is 2.66. The monoisotopic (exact) mass is 479 g/mol. The van der Waals surface area contributed by atoms with E-state index in [0.717, 1.165) is 56.2 Å². The Morgan fingerprint density at radius 3 is 2.62 bits per heavy atom. The van der Waals surface area contributed by atoms with Gasteiger partial charge in [0.25, 0.3) is 0 Å². The van der Waals surface area contributed by atoms with E-state index in [4.69, 9.17) is 25.5 Å². The first kappa shape index (κ1) is 21.5. The van der Waals surface area contributed by atoms with E-state index in [1.54, 1.807) is 0 Å². The number of amides is 1. The summed E-state index contributed by atoms with van der Waals surface area (Å²) in [5.41, 5.74) is 1.41. The summed E-state index contributed by atoms with van der Waals surface area (Å²) >= 11 is 6.12. The van der Waals surface area contributed by atoms with Crippen LogP contribution in [0.5, 0.6) is 11.5 Å². The summed E-state index contributed by atoms with van der Waals surface area (Å²) in [6, 6.07) is 13.4. The number of piperidine rings is 1. The van der Waals surface area contributed by atoms with E-state index < -0.39 is 5.41 Å². The number of halogens is 1. The first-order valence-electron chi connectivity index (χ1n) is 11.9.